The van der Waals surface area contributed by atoms with Gasteiger partial charge in [0.05, 0.1) is 22.7 Å². The Labute approximate surface area is 119 Å². The first kappa shape index (κ1) is 14.4. The van der Waals surface area contributed by atoms with Crippen molar-refractivity contribution in [3.05, 3.63) is 23.8 Å². The molecule has 0 fully saturated rings. The molecular formula is C15H21N5. The summed E-state index contributed by atoms with van der Waals surface area (Å²) >= 11 is 0. The number of nitrogens with zero attached hydrogens (tertiary/aromatic N) is 4. The molecule has 1 aromatic heterocycles. The van der Waals surface area contributed by atoms with Crippen LogP contribution in [0.5, 0.6) is 0 Å². The fourth-order valence-electron chi connectivity index (χ4n) is 2.18. The summed E-state index contributed by atoms with van der Waals surface area (Å²) in [5.41, 5.74) is 8.40. The zero-order valence-corrected chi connectivity index (χ0v) is 12.3. The summed E-state index contributed by atoms with van der Waals surface area (Å²) in [6.45, 7) is 6.18. The van der Waals surface area contributed by atoms with Crippen LogP contribution in [0.2, 0.25) is 0 Å². The molecule has 1 heterocycles. The van der Waals surface area contributed by atoms with E-state index in [0.717, 1.165) is 30.5 Å². The van der Waals surface area contributed by atoms with Crippen LogP contribution in [0.1, 0.15) is 25.8 Å². The smallest absolute Gasteiger partial charge is 0.201 e. The van der Waals surface area contributed by atoms with Gasteiger partial charge in [-0.15, -0.1) is 0 Å². The number of hydrogen-bond acceptors (Lipinski definition) is 4. The Kier molecular flexibility index (Phi) is 4.26. The summed E-state index contributed by atoms with van der Waals surface area (Å²) in [6, 6.07) is 8.16. The summed E-state index contributed by atoms with van der Waals surface area (Å²) in [6.07, 6.45) is 1.00. The van der Waals surface area contributed by atoms with Crippen molar-refractivity contribution in [1.82, 2.24) is 14.5 Å². The van der Waals surface area contributed by atoms with Crippen LogP contribution >= 0.6 is 0 Å². The lowest BCUT2D eigenvalue weighted by molar-refractivity contribution is 0.266. The van der Waals surface area contributed by atoms with Gasteiger partial charge in [-0.05, 0) is 52.1 Å². The molecule has 2 N–H and O–H groups in total. The number of nitrogen functional groups attached to an aromatic ring is 1. The van der Waals surface area contributed by atoms with E-state index in [-0.39, 0.29) is 0 Å². The second-order valence-corrected chi connectivity index (χ2v) is 5.36. The van der Waals surface area contributed by atoms with Crippen molar-refractivity contribution >= 4 is 17.0 Å². The number of aryl methyl sites for hydroxylation is 1. The van der Waals surface area contributed by atoms with Gasteiger partial charge in [-0.25, -0.2) is 4.98 Å². The molecule has 0 aliphatic carbocycles. The van der Waals surface area contributed by atoms with E-state index < -0.39 is 0 Å². The van der Waals surface area contributed by atoms with Crippen LogP contribution in [-0.2, 0) is 6.54 Å². The van der Waals surface area contributed by atoms with Gasteiger partial charge in [-0.3, -0.25) is 0 Å². The maximum atomic E-state index is 8.99. The second-order valence-electron chi connectivity index (χ2n) is 5.36. The number of aromatic nitrogens is 2. The predicted molar refractivity (Wildman–Crippen MR) is 81.2 cm³/mol. The molecule has 1 aromatic carbocycles. The first-order chi connectivity index (χ1) is 9.52. The van der Waals surface area contributed by atoms with Crippen molar-refractivity contribution in [3.63, 3.8) is 0 Å². The number of anilines is 1. The van der Waals surface area contributed by atoms with Gasteiger partial charge >= 0.3 is 0 Å². The zero-order valence-electron chi connectivity index (χ0n) is 12.3. The first-order valence-corrected chi connectivity index (χ1v) is 6.89. The third-order valence-electron chi connectivity index (χ3n) is 3.68. The number of nitriles is 1. The Bertz CT molecular complexity index is 635. The normalized spacial score (nSPS) is 11.4. The van der Waals surface area contributed by atoms with Gasteiger partial charge < -0.3 is 15.2 Å². The highest BCUT2D eigenvalue weighted by molar-refractivity contribution is 5.79. The average molecular weight is 271 g/mol. The van der Waals surface area contributed by atoms with Crippen molar-refractivity contribution in [2.45, 2.75) is 32.9 Å². The molecule has 0 unspecified atom stereocenters. The van der Waals surface area contributed by atoms with Gasteiger partial charge in [0.25, 0.3) is 0 Å². The van der Waals surface area contributed by atoms with Gasteiger partial charge in [-0.2, -0.15) is 5.26 Å². The monoisotopic (exact) mass is 271 g/mol. The molecule has 5 nitrogen and oxygen atoms in total. The van der Waals surface area contributed by atoms with E-state index >= 15 is 0 Å². The summed E-state index contributed by atoms with van der Waals surface area (Å²) in [5, 5.41) is 8.99. The standard InChI is InChI=1S/C15H21N5/c1-11(2)19(3)7-4-8-20-14-9-12(10-16)5-6-13(14)18-15(20)17/h5-6,9,11H,4,7-8H2,1-3H3,(H2,17,18). The van der Waals surface area contributed by atoms with Gasteiger partial charge in [0, 0.05) is 12.6 Å². The predicted octanol–water partition coefficient (Wildman–Crippen LogP) is 2.22. The van der Waals surface area contributed by atoms with E-state index in [1.165, 1.54) is 0 Å². The number of hydrogen-bond donors (Lipinski definition) is 1. The van der Waals surface area contributed by atoms with E-state index in [1.807, 2.05) is 16.7 Å². The fourth-order valence-corrected chi connectivity index (χ4v) is 2.18. The Balaban J connectivity index is 2.17. The van der Waals surface area contributed by atoms with Gasteiger partial charge in [0.15, 0.2) is 0 Å². The number of imidazole rings is 1. The summed E-state index contributed by atoms with van der Waals surface area (Å²) in [5.74, 6) is 0.516. The van der Waals surface area contributed by atoms with Crippen molar-refractivity contribution in [3.8, 4) is 6.07 Å². The summed E-state index contributed by atoms with van der Waals surface area (Å²) in [4.78, 5) is 6.64. The lowest BCUT2D eigenvalue weighted by atomic mass is 10.2. The first-order valence-electron chi connectivity index (χ1n) is 6.89. The summed E-state index contributed by atoms with van der Waals surface area (Å²) in [7, 11) is 2.12. The Hall–Kier alpha value is -2.06. The van der Waals surface area contributed by atoms with Crippen LogP contribution in [0.15, 0.2) is 18.2 Å². The molecule has 20 heavy (non-hydrogen) atoms. The minimum atomic E-state index is 0.516. The van der Waals surface area contributed by atoms with E-state index in [1.54, 1.807) is 6.07 Å². The topological polar surface area (TPSA) is 70.9 Å². The Morgan fingerprint density at radius 3 is 2.85 bits per heavy atom. The van der Waals surface area contributed by atoms with E-state index in [9.17, 15) is 0 Å². The van der Waals surface area contributed by atoms with Crippen LogP contribution < -0.4 is 5.73 Å². The molecule has 0 amide bonds. The molecule has 0 aliphatic heterocycles. The van der Waals surface area contributed by atoms with Gasteiger partial charge in [0.2, 0.25) is 5.95 Å². The van der Waals surface area contributed by atoms with E-state index in [0.29, 0.717) is 17.6 Å². The van der Waals surface area contributed by atoms with Crippen molar-refractivity contribution in [1.29, 1.82) is 5.26 Å². The Morgan fingerprint density at radius 2 is 2.20 bits per heavy atom. The van der Waals surface area contributed by atoms with E-state index in [4.69, 9.17) is 11.0 Å². The van der Waals surface area contributed by atoms with Crippen molar-refractivity contribution in [2.75, 3.05) is 19.3 Å². The largest absolute Gasteiger partial charge is 0.369 e. The minimum absolute atomic E-state index is 0.516. The fraction of sp³-hybridized carbons (Fsp3) is 0.467. The lowest BCUT2D eigenvalue weighted by Gasteiger charge is -2.21. The molecule has 0 radical (unpaired) electrons. The summed E-state index contributed by atoms with van der Waals surface area (Å²) < 4.78 is 1.99. The lowest BCUT2D eigenvalue weighted by Crippen LogP contribution is -2.28. The highest BCUT2D eigenvalue weighted by atomic mass is 15.2. The molecule has 0 saturated heterocycles. The molecule has 106 valence electrons. The van der Waals surface area contributed by atoms with Crippen LogP contribution in [-0.4, -0.2) is 34.1 Å². The van der Waals surface area contributed by atoms with E-state index in [2.05, 4.69) is 36.8 Å². The molecule has 0 aliphatic rings. The quantitative estimate of drug-likeness (QED) is 0.905. The van der Waals surface area contributed by atoms with Crippen LogP contribution in [0.4, 0.5) is 5.95 Å². The number of rotatable bonds is 5. The zero-order chi connectivity index (χ0) is 14.7. The van der Waals surface area contributed by atoms with Crippen LogP contribution in [0, 0.1) is 11.3 Å². The number of nitrogens with two attached hydrogens (primary N) is 1. The highest BCUT2D eigenvalue weighted by Crippen LogP contribution is 2.19. The van der Waals surface area contributed by atoms with Gasteiger partial charge in [0.1, 0.15) is 0 Å². The Morgan fingerprint density at radius 1 is 1.45 bits per heavy atom. The van der Waals surface area contributed by atoms with Gasteiger partial charge in [-0.1, -0.05) is 0 Å². The molecule has 2 rings (SSSR count). The minimum Gasteiger partial charge on any atom is -0.369 e. The molecular weight excluding hydrogens is 250 g/mol. The molecule has 0 saturated carbocycles. The molecule has 2 aromatic rings. The third-order valence-corrected chi connectivity index (χ3v) is 3.68. The van der Waals surface area contributed by atoms with Crippen LogP contribution in [0.3, 0.4) is 0 Å². The molecule has 0 atom stereocenters. The molecule has 0 spiro atoms. The maximum absolute atomic E-state index is 8.99. The maximum Gasteiger partial charge on any atom is 0.201 e. The SMILES string of the molecule is CC(C)N(C)CCCn1c(N)nc2ccc(C#N)cc21. The second kappa shape index (κ2) is 5.93. The number of benzene rings is 1. The molecule has 5 heteroatoms. The average Bonchev–Trinajstić information content (AvgIpc) is 2.74. The number of fused-ring (bicyclic) bond motifs is 1. The van der Waals surface area contributed by atoms with Crippen molar-refractivity contribution in [2.24, 2.45) is 0 Å². The third kappa shape index (κ3) is 2.91. The van der Waals surface area contributed by atoms with Crippen molar-refractivity contribution < 1.29 is 0 Å². The van der Waals surface area contributed by atoms with Crippen LogP contribution in [0.25, 0.3) is 11.0 Å². The molecule has 0 bridgehead atoms. The highest BCUT2D eigenvalue weighted by Gasteiger charge is 2.09.